The van der Waals surface area contributed by atoms with Crippen LogP contribution in [0.3, 0.4) is 0 Å². The van der Waals surface area contributed by atoms with Crippen molar-refractivity contribution in [3.63, 3.8) is 0 Å². The van der Waals surface area contributed by atoms with Gasteiger partial charge in [-0.05, 0) is 56.8 Å². The zero-order valence-electron chi connectivity index (χ0n) is 16.3. The number of aryl methyl sites for hydroxylation is 1. The molecule has 0 amide bonds. The van der Waals surface area contributed by atoms with Crippen LogP contribution in [0.5, 0.6) is 11.5 Å². The second-order valence-electron chi connectivity index (χ2n) is 6.56. The van der Waals surface area contributed by atoms with Gasteiger partial charge in [-0.15, -0.1) is 0 Å². The monoisotopic (exact) mass is 391 g/mol. The van der Waals surface area contributed by atoms with Crippen molar-refractivity contribution >= 4 is 11.6 Å². The predicted molar refractivity (Wildman–Crippen MR) is 111 cm³/mol. The third-order valence-corrected chi connectivity index (χ3v) is 4.61. The van der Waals surface area contributed by atoms with E-state index in [0.29, 0.717) is 36.3 Å². The average Bonchev–Trinajstić information content (AvgIpc) is 2.67. The normalized spacial score (nSPS) is 10.8. The Labute approximate surface area is 167 Å². The molecule has 0 aliphatic heterocycles. The third kappa shape index (κ3) is 7.41. The van der Waals surface area contributed by atoms with Crippen LogP contribution in [-0.4, -0.2) is 24.9 Å². The number of aliphatic hydroxyl groups excluding tert-OH is 1. The van der Waals surface area contributed by atoms with Gasteiger partial charge in [0.25, 0.3) is 0 Å². The van der Waals surface area contributed by atoms with Crippen LogP contribution in [0.15, 0.2) is 36.4 Å². The Morgan fingerprint density at radius 2 is 1.74 bits per heavy atom. The van der Waals surface area contributed by atoms with Gasteiger partial charge in [0.05, 0.1) is 6.61 Å². The average molecular weight is 392 g/mol. The van der Waals surface area contributed by atoms with E-state index in [9.17, 15) is 0 Å². The van der Waals surface area contributed by atoms with Gasteiger partial charge in [0.2, 0.25) is 0 Å². The second-order valence-corrected chi connectivity index (χ2v) is 6.97. The lowest BCUT2D eigenvalue weighted by Gasteiger charge is -2.15. The molecule has 0 unspecified atom stereocenters. The van der Waals surface area contributed by atoms with Crippen molar-refractivity contribution in [2.45, 2.75) is 46.3 Å². The van der Waals surface area contributed by atoms with Crippen LogP contribution in [0, 0.1) is 6.92 Å². The molecule has 0 bridgehead atoms. The number of ether oxygens (including phenoxy) is 2. The first-order valence-corrected chi connectivity index (χ1v) is 9.97. The van der Waals surface area contributed by atoms with Gasteiger partial charge >= 0.3 is 0 Å². The van der Waals surface area contributed by atoms with Gasteiger partial charge < -0.3 is 19.9 Å². The number of benzene rings is 2. The van der Waals surface area contributed by atoms with Crippen molar-refractivity contribution in [3.8, 4) is 11.5 Å². The largest absolute Gasteiger partial charge is 0.490 e. The standard InChI is InChI=1S/C22H30ClNO3/c1-3-26-21-13-19(15-24-11-5-4-6-12-25)20(23)14-22(21)27-16-18-9-7-17(2)8-10-18/h7-10,13-14,24-25H,3-6,11-12,15-16H2,1-2H3. The smallest absolute Gasteiger partial charge is 0.163 e. The Kier molecular flexibility index (Phi) is 9.46. The van der Waals surface area contributed by atoms with Gasteiger partial charge in [-0.25, -0.2) is 0 Å². The minimum absolute atomic E-state index is 0.258. The SMILES string of the molecule is CCOc1cc(CNCCCCCO)c(Cl)cc1OCc1ccc(C)cc1. The lowest BCUT2D eigenvalue weighted by molar-refractivity contribution is 0.269. The number of hydrogen-bond acceptors (Lipinski definition) is 4. The molecule has 27 heavy (non-hydrogen) atoms. The fraction of sp³-hybridized carbons (Fsp3) is 0.455. The van der Waals surface area contributed by atoms with E-state index in [2.05, 4.69) is 36.5 Å². The van der Waals surface area contributed by atoms with Crippen molar-refractivity contribution in [2.24, 2.45) is 0 Å². The number of rotatable bonds is 12. The summed E-state index contributed by atoms with van der Waals surface area (Å²) in [6, 6.07) is 12.1. The van der Waals surface area contributed by atoms with Gasteiger partial charge in [-0.2, -0.15) is 0 Å². The quantitative estimate of drug-likeness (QED) is 0.506. The molecule has 2 rings (SSSR count). The molecular weight excluding hydrogens is 362 g/mol. The van der Waals surface area contributed by atoms with E-state index in [0.717, 1.165) is 36.9 Å². The van der Waals surface area contributed by atoms with Crippen LogP contribution in [0.4, 0.5) is 0 Å². The van der Waals surface area contributed by atoms with Crippen LogP contribution in [-0.2, 0) is 13.2 Å². The lowest BCUT2D eigenvalue weighted by atomic mass is 10.1. The summed E-state index contributed by atoms with van der Waals surface area (Å²) in [5.74, 6) is 1.38. The summed E-state index contributed by atoms with van der Waals surface area (Å²) in [6.45, 7) is 6.89. The first-order chi connectivity index (χ1) is 13.1. The van der Waals surface area contributed by atoms with E-state index >= 15 is 0 Å². The molecule has 2 N–H and O–H groups in total. The molecule has 0 spiro atoms. The van der Waals surface area contributed by atoms with Crippen LogP contribution in [0.2, 0.25) is 5.02 Å². The maximum atomic E-state index is 8.81. The predicted octanol–water partition coefficient (Wildman–Crippen LogP) is 4.88. The Hall–Kier alpha value is -1.75. The van der Waals surface area contributed by atoms with Crippen LogP contribution < -0.4 is 14.8 Å². The molecule has 0 atom stereocenters. The van der Waals surface area contributed by atoms with Crippen LogP contribution >= 0.6 is 11.6 Å². The van der Waals surface area contributed by atoms with Crippen LogP contribution in [0.1, 0.15) is 42.9 Å². The highest BCUT2D eigenvalue weighted by atomic mass is 35.5. The molecule has 0 fully saturated rings. The van der Waals surface area contributed by atoms with Crippen molar-refractivity contribution in [1.29, 1.82) is 0 Å². The van der Waals surface area contributed by atoms with Gasteiger partial charge in [-0.1, -0.05) is 41.4 Å². The number of aliphatic hydroxyl groups is 1. The summed E-state index contributed by atoms with van der Waals surface area (Å²) in [4.78, 5) is 0. The van der Waals surface area contributed by atoms with Gasteiger partial charge in [-0.3, -0.25) is 0 Å². The molecule has 5 heteroatoms. The van der Waals surface area contributed by atoms with Crippen molar-refractivity contribution in [3.05, 3.63) is 58.1 Å². The second kappa shape index (κ2) is 11.9. The minimum atomic E-state index is 0.258. The molecule has 2 aromatic carbocycles. The fourth-order valence-electron chi connectivity index (χ4n) is 2.70. The summed E-state index contributed by atoms with van der Waals surface area (Å²) < 4.78 is 11.7. The van der Waals surface area contributed by atoms with E-state index in [4.69, 9.17) is 26.2 Å². The Morgan fingerprint density at radius 1 is 1.00 bits per heavy atom. The first-order valence-electron chi connectivity index (χ1n) is 9.59. The molecule has 148 valence electrons. The van der Waals surface area contributed by atoms with Gasteiger partial charge in [0.15, 0.2) is 11.5 Å². The lowest BCUT2D eigenvalue weighted by Crippen LogP contribution is -2.15. The van der Waals surface area contributed by atoms with E-state index in [1.165, 1.54) is 5.56 Å². The Bertz CT molecular complexity index is 689. The summed E-state index contributed by atoms with van der Waals surface area (Å²) in [7, 11) is 0. The molecule has 0 saturated heterocycles. The summed E-state index contributed by atoms with van der Waals surface area (Å²) in [6.07, 6.45) is 2.91. The highest BCUT2D eigenvalue weighted by Crippen LogP contribution is 2.34. The number of halogens is 1. The Balaban J connectivity index is 1.98. The zero-order valence-corrected chi connectivity index (χ0v) is 17.0. The Morgan fingerprint density at radius 3 is 2.44 bits per heavy atom. The van der Waals surface area contributed by atoms with E-state index in [-0.39, 0.29) is 6.61 Å². The van der Waals surface area contributed by atoms with E-state index in [1.807, 2.05) is 19.1 Å². The molecule has 4 nitrogen and oxygen atoms in total. The molecule has 0 aliphatic rings. The number of nitrogens with one attached hydrogen (secondary N) is 1. The number of hydrogen-bond donors (Lipinski definition) is 2. The maximum absolute atomic E-state index is 8.81. The first kappa shape index (κ1) is 21.5. The third-order valence-electron chi connectivity index (χ3n) is 4.25. The van der Waals surface area contributed by atoms with Gasteiger partial charge in [0, 0.05) is 24.2 Å². The minimum Gasteiger partial charge on any atom is -0.490 e. The molecule has 0 aliphatic carbocycles. The highest BCUT2D eigenvalue weighted by molar-refractivity contribution is 6.31. The van der Waals surface area contributed by atoms with Crippen molar-refractivity contribution < 1.29 is 14.6 Å². The van der Waals surface area contributed by atoms with Gasteiger partial charge in [0.1, 0.15) is 6.61 Å². The molecule has 0 aromatic heterocycles. The summed E-state index contributed by atoms with van der Waals surface area (Å²) >= 11 is 6.46. The fourth-order valence-corrected chi connectivity index (χ4v) is 2.92. The molecule has 0 radical (unpaired) electrons. The van der Waals surface area contributed by atoms with Crippen molar-refractivity contribution in [1.82, 2.24) is 5.32 Å². The molecule has 2 aromatic rings. The maximum Gasteiger partial charge on any atom is 0.163 e. The number of unbranched alkanes of at least 4 members (excludes halogenated alkanes) is 2. The summed E-state index contributed by atoms with van der Waals surface area (Å²) in [5.41, 5.74) is 3.32. The van der Waals surface area contributed by atoms with E-state index < -0.39 is 0 Å². The molecule has 0 saturated carbocycles. The van der Waals surface area contributed by atoms with Crippen molar-refractivity contribution in [2.75, 3.05) is 19.8 Å². The van der Waals surface area contributed by atoms with Crippen LogP contribution in [0.25, 0.3) is 0 Å². The highest BCUT2D eigenvalue weighted by Gasteiger charge is 2.11. The van der Waals surface area contributed by atoms with E-state index in [1.54, 1.807) is 0 Å². The summed E-state index contributed by atoms with van der Waals surface area (Å²) in [5, 5.41) is 12.9. The topological polar surface area (TPSA) is 50.7 Å². The molecular formula is C22H30ClNO3. The molecule has 0 heterocycles. The zero-order chi connectivity index (χ0) is 19.5.